The highest BCUT2D eigenvalue weighted by Gasteiger charge is 2.13. The molecule has 1 aliphatic heterocycles. The van der Waals surface area contributed by atoms with Crippen LogP contribution < -0.4 is 10.6 Å². The normalized spacial score (nSPS) is 21.3. The van der Waals surface area contributed by atoms with Crippen molar-refractivity contribution in [3.05, 3.63) is 0 Å². The lowest BCUT2D eigenvalue weighted by molar-refractivity contribution is -0.126. The minimum Gasteiger partial charge on any atom is -0.371 e. The first kappa shape index (κ1) is 12.5. The molecule has 0 saturated carbocycles. The molecule has 1 aliphatic rings. The van der Waals surface area contributed by atoms with E-state index in [-0.39, 0.29) is 12.5 Å². The first-order valence-electron chi connectivity index (χ1n) is 5.88. The van der Waals surface area contributed by atoms with Gasteiger partial charge in [0.25, 0.3) is 0 Å². The van der Waals surface area contributed by atoms with E-state index in [2.05, 4.69) is 10.6 Å². The standard InChI is InChI=1S/C11H22N2O2/c1-2-5-13-11(14)9-15-8-10-4-3-6-12-7-10/h10,12H,2-9H2,1H3,(H,13,14). The number of hydrogen-bond acceptors (Lipinski definition) is 3. The number of piperidine rings is 1. The third-order valence-corrected chi connectivity index (χ3v) is 2.56. The molecular weight excluding hydrogens is 192 g/mol. The van der Waals surface area contributed by atoms with Gasteiger partial charge in [0, 0.05) is 13.1 Å². The minimum absolute atomic E-state index is 0.000573. The second-order valence-corrected chi connectivity index (χ2v) is 4.08. The van der Waals surface area contributed by atoms with Crippen molar-refractivity contribution in [3.8, 4) is 0 Å². The van der Waals surface area contributed by atoms with Crippen LogP contribution in [-0.2, 0) is 9.53 Å². The molecule has 0 aromatic heterocycles. The zero-order chi connectivity index (χ0) is 10.9. The molecule has 1 atom stereocenters. The lowest BCUT2D eigenvalue weighted by Gasteiger charge is -2.22. The summed E-state index contributed by atoms with van der Waals surface area (Å²) in [6.45, 7) is 5.83. The first-order valence-corrected chi connectivity index (χ1v) is 5.88. The summed E-state index contributed by atoms with van der Waals surface area (Å²) < 4.78 is 5.38. The van der Waals surface area contributed by atoms with Gasteiger partial charge >= 0.3 is 0 Å². The zero-order valence-electron chi connectivity index (χ0n) is 9.55. The van der Waals surface area contributed by atoms with Crippen LogP contribution in [0, 0.1) is 5.92 Å². The van der Waals surface area contributed by atoms with Gasteiger partial charge in [-0.1, -0.05) is 6.92 Å². The predicted molar refractivity (Wildman–Crippen MR) is 59.7 cm³/mol. The van der Waals surface area contributed by atoms with E-state index in [4.69, 9.17) is 4.74 Å². The topological polar surface area (TPSA) is 50.4 Å². The van der Waals surface area contributed by atoms with Gasteiger partial charge in [-0.25, -0.2) is 0 Å². The molecule has 1 fully saturated rings. The van der Waals surface area contributed by atoms with Gasteiger partial charge in [0.1, 0.15) is 6.61 Å². The molecule has 4 heteroatoms. The van der Waals surface area contributed by atoms with E-state index in [0.717, 1.165) is 26.1 Å². The molecule has 1 amide bonds. The second kappa shape index (κ2) is 7.65. The molecule has 88 valence electrons. The van der Waals surface area contributed by atoms with Crippen LogP contribution >= 0.6 is 0 Å². The molecule has 2 N–H and O–H groups in total. The molecule has 15 heavy (non-hydrogen) atoms. The van der Waals surface area contributed by atoms with Crippen molar-refractivity contribution < 1.29 is 9.53 Å². The second-order valence-electron chi connectivity index (χ2n) is 4.08. The fourth-order valence-electron chi connectivity index (χ4n) is 1.70. The van der Waals surface area contributed by atoms with Gasteiger partial charge in [-0.3, -0.25) is 4.79 Å². The largest absolute Gasteiger partial charge is 0.371 e. The fourth-order valence-corrected chi connectivity index (χ4v) is 1.70. The average molecular weight is 214 g/mol. The molecule has 0 spiro atoms. The van der Waals surface area contributed by atoms with Gasteiger partial charge < -0.3 is 15.4 Å². The van der Waals surface area contributed by atoms with Gasteiger partial charge in [-0.2, -0.15) is 0 Å². The van der Waals surface area contributed by atoms with Crippen LogP contribution in [0.25, 0.3) is 0 Å². The molecule has 4 nitrogen and oxygen atoms in total. The minimum atomic E-state index is 0.000573. The summed E-state index contributed by atoms with van der Waals surface area (Å²) in [7, 11) is 0. The van der Waals surface area contributed by atoms with Gasteiger partial charge in [0.05, 0.1) is 6.61 Å². The van der Waals surface area contributed by atoms with E-state index >= 15 is 0 Å². The number of rotatable bonds is 6. The van der Waals surface area contributed by atoms with Crippen molar-refractivity contribution in [3.63, 3.8) is 0 Å². The van der Waals surface area contributed by atoms with E-state index < -0.39 is 0 Å². The summed E-state index contributed by atoms with van der Waals surface area (Å²) in [5.41, 5.74) is 0. The van der Waals surface area contributed by atoms with Crippen LogP contribution in [0.5, 0.6) is 0 Å². The van der Waals surface area contributed by atoms with E-state index in [9.17, 15) is 4.79 Å². The molecule has 0 bridgehead atoms. The van der Waals surface area contributed by atoms with Gasteiger partial charge in [-0.05, 0) is 31.7 Å². The lowest BCUT2D eigenvalue weighted by atomic mass is 10.0. The van der Waals surface area contributed by atoms with E-state index in [1.807, 2.05) is 6.92 Å². The molecule has 0 aliphatic carbocycles. The summed E-state index contributed by atoms with van der Waals surface area (Å²) in [5.74, 6) is 0.582. The summed E-state index contributed by atoms with van der Waals surface area (Å²) in [5, 5.41) is 6.12. The van der Waals surface area contributed by atoms with E-state index in [1.54, 1.807) is 0 Å². The van der Waals surface area contributed by atoms with Gasteiger partial charge in [0.15, 0.2) is 0 Å². The molecule has 0 radical (unpaired) electrons. The lowest BCUT2D eigenvalue weighted by Crippen LogP contribution is -2.34. The number of ether oxygens (including phenoxy) is 1. The van der Waals surface area contributed by atoms with Crippen molar-refractivity contribution in [2.75, 3.05) is 32.8 Å². The van der Waals surface area contributed by atoms with Gasteiger partial charge in [0.2, 0.25) is 5.91 Å². The van der Waals surface area contributed by atoms with Gasteiger partial charge in [-0.15, -0.1) is 0 Å². The Bertz CT molecular complexity index is 179. The molecule has 1 rings (SSSR count). The SMILES string of the molecule is CCCNC(=O)COCC1CCCNC1. The molecule has 1 unspecified atom stereocenters. The zero-order valence-corrected chi connectivity index (χ0v) is 9.55. The molecule has 0 aromatic carbocycles. The number of amides is 1. The maximum Gasteiger partial charge on any atom is 0.245 e. The highest BCUT2D eigenvalue weighted by Crippen LogP contribution is 2.09. The Balaban J connectivity index is 1.97. The number of nitrogens with one attached hydrogen (secondary N) is 2. The number of carbonyl (C=O) groups is 1. The Morgan fingerprint density at radius 3 is 3.13 bits per heavy atom. The van der Waals surface area contributed by atoms with Crippen LogP contribution in [0.3, 0.4) is 0 Å². The molecule has 0 aromatic rings. The Labute approximate surface area is 91.8 Å². The monoisotopic (exact) mass is 214 g/mol. The fraction of sp³-hybridized carbons (Fsp3) is 0.909. The van der Waals surface area contributed by atoms with Crippen molar-refractivity contribution in [2.45, 2.75) is 26.2 Å². The maximum atomic E-state index is 11.2. The summed E-state index contributed by atoms with van der Waals surface area (Å²) in [4.78, 5) is 11.2. The van der Waals surface area contributed by atoms with E-state index in [1.165, 1.54) is 12.8 Å². The summed E-state index contributed by atoms with van der Waals surface area (Å²) in [6, 6.07) is 0. The van der Waals surface area contributed by atoms with Crippen molar-refractivity contribution in [2.24, 2.45) is 5.92 Å². The van der Waals surface area contributed by atoms with E-state index in [0.29, 0.717) is 12.5 Å². The quantitative estimate of drug-likeness (QED) is 0.678. The predicted octanol–water partition coefficient (Wildman–Crippen LogP) is 0.529. The van der Waals surface area contributed by atoms with Crippen LogP contribution in [0.1, 0.15) is 26.2 Å². The Morgan fingerprint density at radius 1 is 1.60 bits per heavy atom. The molecular formula is C11H22N2O2. The summed E-state index contributed by atoms with van der Waals surface area (Å²) >= 11 is 0. The van der Waals surface area contributed by atoms with Crippen molar-refractivity contribution >= 4 is 5.91 Å². The van der Waals surface area contributed by atoms with Crippen molar-refractivity contribution in [1.82, 2.24) is 10.6 Å². The van der Waals surface area contributed by atoms with Crippen molar-refractivity contribution in [1.29, 1.82) is 0 Å². The third kappa shape index (κ3) is 5.74. The average Bonchev–Trinajstić information content (AvgIpc) is 2.28. The highest BCUT2D eigenvalue weighted by atomic mass is 16.5. The maximum absolute atomic E-state index is 11.2. The molecule has 1 heterocycles. The Morgan fingerprint density at radius 2 is 2.47 bits per heavy atom. The third-order valence-electron chi connectivity index (χ3n) is 2.56. The van der Waals surface area contributed by atoms with Crippen LogP contribution in [0.15, 0.2) is 0 Å². The number of carbonyl (C=O) groups excluding carboxylic acids is 1. The number of hydrogen-bond donors (Lipinski definition) is 2. The molecule has 1 saturated heterocycles. The van der Waals surface area contributed by atoms with Crippen LogP contribution in [0.2, 0.25) is 0 Å². The smallest absolute Gasteiger partial charge is 0.245 e. The summed E-state index contributed by atoms with van der Waals surface area (Å²) in [6.07, 6.45) is 3.40. The van der Waals surface area contributed by atoms with Crippen LogP contribution in [0.4, 0.5) is 0 Å². The van der Waals surface area contributed by atoms with Crippen LogP contribution in [-0.4, -0.2) is 38.8 Å². The highest BCUT2D eigenvalue weighted by molar-refractivity contribution is 5.77. The Kier molecular flexibility index (Phi) is 6.36. The Hall–Kier alpha value is -0.610. The first-order chi connectivity index (χ1) is 7.33.